The zero-order valence-electron chi connectivity index (χ0n) is 17.0. The van der Waals surface area contributed by atoms with Crippen molar-refractivity contribution in [2.24, 2.45) is 0 Å². The van der Waals surface area contributed by atoms with E-state index in [-0.39, 0.29) is 6.04 Å². The minimum atomic E-state index is -1.10. The van der Waals surface area contributed by atoms with Crippen molar-refractivity contribution in [2.75, 3.05) is 6.54 Å². The lowest BCUT2D eigenvalue weighted by molar-refractivity contribution is -0.163. The zero-order valence-corrected chi connectivity index (χ0v) is 17.0. The van der Waals surface area contributed by atoms with Gasteiger partial charge in [-0.15, -0.1) is 0 Å². The molecule has 2 atom stereocenters. The lowest BCUT2D eigenvalue weighted by atomic mass is 9.80. The molecule has 3 aromatic rings. The third-order valence-electron chi connectivity index (χ3n) is 5.87. The molecule has 2 heterocycles. The molecule has 1 saturated carbocycles. The van der Waals surface area contributed by atoms with Crippen molar-refractivity contribution >= 4 is 16.9 Å². The van der Waals surface area contributed by atoms with Gasteiger partial charge in [0.05, 0.1) is 11.6 Å². The number of aliphatic hydroxyl groups excluding tert-OH is 1. The van der Waals surface area contributed by atoms with Crippen molar-refractivity contribution in [3.05, 3.63) is 60.0 Å². The molecule has 1 aliphatic rings. The lowest BCUT2D eigenvalue weighted by Gasteiger charge is -2.37. The highest BCUT2D eigenvalue weighted by molar-refractivity contribution is 5.89. The summed E-state index contributed by atoms with van der Waals surface area (Å²) in [7, 11) is 0. The first-order valence-electron chi connectivity index (χ1n) is 10.3. The van der Waals surface area contributed by atoms with E-state index in [1.807, 2.05) is 36.5 Å². The molecule has 7 nitrogen and oxygen atoms in total. The van der Waals surface area contributed by atoms with Gasteiger partial charge in [0.25, 0.3) is 0 Å². The Kier molecular flexibility index (Phi) is 5.74. The van der Waals surface area contributed by atoms with Gasteiger partial charge in [-0.25, -0.2) is 4.79 Å². The molecule has 0 saturated heterocycles. The number of ether oxygens (including phenoxy) is 1. The van der Waals surface area contributed by atoms with Crippen molar-refractivity contribution in [1.29, 1.82) is 0 Å². The van der Waals surface area contributed by atoms with E-state index in [9.17, 15) is 15.0 Å². The number of aromatic nitrogens is 2. The topological polar surface area (TPSA) is 107 Å². The maximum atomic E-state index is 11.7. The zero-order chi connectivity index (χ0) is 21.1. The Hall–Kier alpha value is -2.90. The predicted octanol–water partition coefficient (Wildman–Crippen LogP) is 3.20. The summed E-state index contributed by atoms with van der Waals surface area (Å²) in [5.74, 6) is -0.323. The molecule has 2 aromatic heterocycles. The minimum absolute atomic E-state index is 0.136. The first kappa shape index (κ1) is 20.4. The molecule has 4 N–H and O–H groups in total. The Balaban J connectivity index is 1.43. The number of carbonyl (C=O) groups is 1. The maximum absolute atomic E-state index is 11.7. The Morgan fingerprint density at radius 1 is 1.33 bits per heavy atom. The first-order valence-corrected chi connectivity index (χ1v) is 10.3. The van der Waals surface area contributed by atoms with E-state index >= 15 is 0 Å². The predicted molar refractivity (Wildman–Crippen MR) is 114 cm³/mol. The van der Waals surface area contributed by atoms with Crippen LogP contribution in [0.15, 0.2) is 48.9 Å². The number of hydrogen-bond donors (Lipinski definition) is 4. The monoisotopic (exact) mass is 409 g/mol. The van der Waals surface area contributed by atoms with E-state index in [0.29, 0.717) is 25.1 Å². The van der Waals surface area contributed by atoms with Crippen molar-refractivity contribution < 1.29 is 19.7 Å². The number of benzene rings is 1. The van der Waals surface area contributed by atoms with E-state index in [2.05, 4.69) is 22.2 Å². The summed E-state index contributed by atoms with van der Waals surface area (Å²) in [6, 6.07) is 9.53. The van der Waals surface area contributed by atoms with Crippen LogP contribution in [-0.4, -0.2) is 44.3 Å². The van der Waals surface area contributed by atoms with E-state index < -0.39 is 17.7 Å². The Labute approximate surface area is 175 Å². The summed E-state index contributed by atoms with van der Waals surface area (Å²) in [6.07, 6.45) is 7.38. The van der Waals surface area contributed by atoms with E-state index in [4.69, 9.17) is 4.74 Å². The molecule has 0 bridgehead atoms. The van der Waals surface area contributed by atoms with Gasteiger partial charge in [0.15, 0.2) is 0 Å². The first-order chi connectivity index (χ1) is 14.5. The van der Waals surface area contributed by atoms with Crippen LogP contribution >= 0.6 is 0 Å². The largest absolute Gasteiger partial charge is 0.478 e. The van der Waals surface area contributed by atoms with Gasteiger partial charge in [0.1, 0.15) is 5.75 Å². The smallest absolute Gasteiger partial charge is 0.348 e. The second-order valence-corrected chi connectivity index (χ2v) is 8.06. The van der Waals surface area contributed by atoms with Crippen LogP contribution in [0.3, 0.4) is 0 Å². The summed E-state index contributed by atoms with van der Waals surface area (Å²) in [6.45, 7) is 2.51. The Morgan fingerprint density at radius 2 is 2.17 bits per heavy atom. The quantitative estimate of drug-likeness (QED) is 0.432. The van der Waals surface area contributed by atoms with Gasteiger partial charge in [-0.2, -0.15) is 0 Å². The molecule has 0 radical (unpaired) electrons. The molecule has 158 valence electrons. The SMILES string of the molecule is C[C@H](Cc1c[nH]c2c(OC3(C(=O)O)CCC3)cccc12)NC[C@@H](O)c1cccnc1. The molecule has 1 aromatic carbocycles. The van der Waals surface area contributed by atoms with Gasteiger partial charge in [-0.1, -0.05) is 18.2 Å². The summed E-state index contributed by atoms with van der Waals surface area (Å²) < 4.78 is 5.97. The molecule has 7 heteroatoms. The number of nitrogens with one attached hydrogen (secondary N) is 2. The molecule has 1 aliphatic carbocycles. The summed E-state index contributed by atoms with van der Waals surface area (Å²) in [4.78, 5) is 19.0. The van der Waals surface area contributed by atoms with Crippen LogP contribution in [0.5, 0.6) is 5.75 Å². The second-order valence-electron chi connectivity index (χ2n) is 8.06. The number of hydrogen-bond acceptors (Lipinski definition) is 5. The number of rotatable bonds is 9. The Morgan fingerprint density at radius 3 is 2.83 bits per heavy atom. The fourth-order valence-electron chi connectivity index (χ4n) is 3.91. The fourth-order valence-corrected chi connectivity index (χ4v) is 3.91. The number of aromatic amines is 1. The van der Waals surface area contributed by atoms with Crippen LogP contribution in [0, 0.1) is 0 Å². The average Bonchev–Trinajstić information content (AvgIpc) is 3.13. The third kappa shape index (κ3) is 4.04. The fraction of sp³-hybridized carbons (Fsp3) is 0.391. The Bertz CT molecular complexity index is 1010. The lowest BCUT2D eigenvalue weighted by Crippen LogP contribution is -2.50. The third-order valence-corrected chi connectivity index (χ3v) is 5.87. The minimum Gasteiger partial charge on any atom is -0.478 e. The van der Waals surface area contributed by atoms with Crippen LogP contribution in [0.25, 0.3) is 10.9 Å². The van der Waals surface area contributed by atoms with Gasteiger partial charge >= 0.3 is 5.97 Å². The second kappa shape index (κ2) is 8.45. The van der Waals surface area contributed by atoms with Crippen molar-refractivity contribution in [3.63, 3.8) is 0 Å². The summed E-state index contributed by atoms with van der Waals surface area (Å²) >= 11 is 0. The number of fused-ring (bicyclic) bond motifs is 1. The van der Waals surface area contributed by atoms with E-state index in [1.165, 1.54) is 0 Å². The number of H-pyrrole nitrogens is 1. The normalized spacial score (nSPS) is 17.3. The van der Waals surface area contributed by atoms with E-state index in [1.54, 1.807) is 12.4 Å². The highest BCUT2D eigenvalue weighted by atomic mass is 16.5. The number of carboxylic acid groups (broad SMARTS) is 1. The van der Waals surface area contributed by atoms with Crippen molar-refractivity contribution in [3.8, 4) is 5.75 Å². The average molecular weight is 409 g/mol. The maximum Gasteiger partial charge on any atom is 0.348 e. The molecule has 1 fully saturated rings. The molecular weight excluding hydrogens is 382 g/mol. The number of para-hydroxylation sites is 1. The standard InChI is InChI=1S/C23H27N3O4/c1-15(25-14-19(27)16-5-3-10-24-12-16)11-17-13-26-21-18(17)6-2-7-20(21)30-23(22(28)29)8-4-9-23/h2-3,5-7,10,12-13,15,19,25-27H,4,8-9,11,14H2,1H3,(H,28,29)/t15-,19-/m1/s1. The number of carboxylic acids is 1. The number of aliphatic carboxylic acids is 1. The van der Waals surface area contributed by atoms with Gasteiger partial charge < -0.3 is 25.3 Å². The van der Waals surface area contributed by atoms with Gasteiger partial charge in [-0.3, -0.25) is 4.98 Å². The van der Waals surface area contributed by atoms with Crippen molar-refractivity contribution in [1.82, 2.24) is 15.3 Å². The number of pyridine rings is 1. The van der Waals surface area contributed by atoms with Gasteiger partial charge in [0, 0.05) is 42.1 Å². The molecular formula is C23H27N3O4. The van der Waals surface area contributed by atoms with Crippen LogP contribution in [-0.2, 0) is 11.2 Å². The van der Waals surface area contributed by atoms with Crippen LogP contribution < -0.4 is 10.1 Å². The van der Waals surface area contributed by atoms with Gasteiger partial charge in [-0.05, 0) is 50.3 Å². The number of aliphatic hydroxyl groups is 1. The van der Waals surface area contributed by atoms with Crippen LogP contribution in [0.4, 0.5) is 0 Å². The molecule has 0 unspecified atom stereocenters. The van der Waals surface area contributed by atoms with E-state index in [0.717, 1.165) is 34.9 Å². The molecule has 0 amide bonds. The molecule has 0 spiro atoms. The highest BCUT2D eigenvalue weighted by Crippen LogP contribution is 2.39. The molecule has 30 heavy (non-hydrogen) atoms. The van der Waals surface area contributed by atoms with Gasteiger partial charge in [0.2, 0.25) is 5.60 Å². The highest BCUT2D eigenvalue weighted by Gasteiger charge is 2.47. The summed E-state index contributed by atoms with van der Waals surface area (Å²) in [5.41, 5.74) is 1.62. The van der Waals surface area contributed by atoms with Crippen LogP contribution in [0.2, 0.25) is 0 Å². The molecule has 4 rings (SSSR count). The molecule has 0 aliphatic heterocycles. The number of nitrogens with zero attached hydrogens (tertiary/aromatic N) is 1. The van der Waals surface area contributed by atoms with Crippen LogP contribution in [0.1, 0.15) is 43.4 Å². The summed E-state index contributed by atoms with van der Waals surface area (Å²) in [5, 5.41) is 24.3. The van der Waals surface area contributed by atoms with Crippen molar-refractivity contribution in [2.45, 2.75) is 50.4 Å².